The van der Waals surface area contributed by atoms with Gasteiger partial charge in [-0.15, -0.1) is 0 Å². The summed E-state index contributed by atoms with van der Waals surface area (Å²) >= 11 is 0. The van der Waals surface area contributed by atoms with Gasteiger partial charge in [0.25, 0.3) is 0 Å². The molecule has 27 heavy (non-hydrogen) atoms. The molecule has 0 aliphatic carbocycles. The number of rotatable bonds is 12. The monoisotopic (exact) mass is 387 g/mol. The quantitative estimate of drug-likeness (QED) is 0.225. The third-order valence-electron chi connectivity index (χ3n) is 3.97. The van der Waals surface area contributed by atoms with Crippen molar-refractivity contribution < 1.29 is 24.3 Å². The fourth-order valence-electron chi connectivity index (χ4n) is 2.24. The summed E-state index contributed by atoms with van der Waals surface area (Å²) in [6.07, 6.45) is 1.46. The van der Waals surface area contributed by atoms with Crippen molar-refractivity contribution in [1.29, 1.82) is 0 Å². The Morgan fingerprint density at radius 3 is 1.93 bits per heavy atom. The van der Waals surface area contributed by atoms with Gasteiger partial charge in [0.1, 0.15) is 18.1 Å². The number of hydrogen-bond donors (Lipinski definition) is 6. The molecule has 156 valence electrons. The first-order valence-electron chi connectivity index (χ1n) is 9.10. The highest BCUT2D eigenvalue weighted by Gasteiger charge is 2.30. The molecule has 0 fully saturated rings. The fraction of sp³-hybridized carbons (Fsp3) is 0.765. The normalized spacial score (nSPS) is 15.4. The van der Waals surface area contributed by atoms with E-state index in [-0.39, 0.29) is 12.3 Å². The molecule has 8 N–H and O–H groups in total. The van der Waals surface area contributed by atoms with Gasteiger partial charge in [-0.2, -0.15) is 0 Å². The van der Waals surface area contributed by atoms with E-state index in [0.717, 1.165) is 0 Å². The van der Waals surface area contributed by atoms with E-state index in [9.17, 15) is 24.3 Å². The zero-order chi connectivity index (χ0) is 21.1. The van der Waals surface area contributed by atoms with Gasteiger partial charge in [-0.25, -0.2) is 4.79 Å². The van der Waals surface area contributed by atoms with E-state index in [1.165, 1.54) is 13.8 Å². The average Bonchev–Trinajstić information content (AvgIpc) is 2.57. The second-order valence-electron chi connectivity index (χ2n) is 6.93. The lowest BCUT2D eigenvalue weighted by Gasteiger charge is -2.25. The van der Waals surface area contributed by atoms with Crippen LogP contribution in [-0.4, -0.2) is 59.5 Å². The summed E-state index contributed by atoms with van der Waals surface area (Å²) in [5.41, 5.74) is 10.8. The van der Waals surface area contributed by atoms with Gasteiger partial charge in [-0.3, -0.25) is 14.4 Å². The van der Waals surface area contributed by atoms with E-state index in [1.807, 2.05) is 0 Å². The van der Waals surface area contributed by atoms with Crippen molar-refractivity contribution in [3.05, 3.63) is 0 Å². The van der Waals surface area contributed by atoms with E-state index in [0.29, 0.717) is 19.4 Å². The molecular formula is C17H33N5O5. The van der Waals surface area contributed by atoms with Gasteiger partial charge in [0.05, 0.1) is 6.04 Å². The number of carboxylic acid groups (broad SMARTS) is 1. The summed E-state index contributed by atoms with van der Waals surface area (Å²) in [7, 11) is 0. The molecule has 0 saturated carbocycles. The van der Waals surface area contributed by atoms with Crippen LogP contribution in [0.5, 0.6) is 0 Å². The molecule has 4 atom stereocenters. The highest BCUT2D eigenvalue weighted by molar-refractivity contribution is 5.93. The van der Waals surface area contributed by atoms with Gasteiger partial charge in [0.15, 0.2) is 0 Å². The molecule has 0 aromatic carbocycles. The van der Waals surface area contributed by atoms with Crippen LogP contribution in [0.4, 0.5) is 0 Å². The van der Waals surface area contributed by atoms with Crippen molar-refractivity contribution >= 4 is 23.7 Å². The molecule has 0 unspecified atom stereocenters. The lowest BCUT2D eigenvalue weighted by Crippen LogP contribution is -2.57. The zero-order valence-corrected chi connectivity index (χ0v) is 16.5. The number of nitrogens with two attached hydrogens (primary N) is 2. The van der Waals surface area contributed by atoms with Crippen molar-refractivity contribution in [3.8, 4) is 0 Å². The Morgan fingerprint density at radius 1 is 0.889 bits per heavy atom. The number of amides is 3. The Kier molecular flexibility index (Phi) is 11.2. The molecular weight excluding hydrogens is 354 g/mol. The Balaban J connectivity index is 4.93. The van der Waals surface area contributed by atoms with Crippen LogP contribution in [0.25, 0.3) is 0 Å². The maximum Gasteiger partial charge on any atom is 0.326 e. The van der Waals surface area contributed by atoms with Crippen molar-refractivity contribution in [2.45, 2.75) is 71.1 Å². The molecule has 0 aromatic rings. The average molecular weight is 387 g/mol. The van der Waals surface area contributed by atoms with E-state index < -0.39 is 47.9 Å². The van der Waals surface area contributed by atoms with Crippen LogP contribution < -0.4 is 27.4 Å². The lowest BCUT2D eigenvalue weighted by molar-refractivity contribution is -0.142. The minimum absolute atomic E-state index is 0.248. The predicted molar refractivity (Wildman–Crippen MR) is 100 cm³/mol. The number of carboxylic acids is 1. The molecule has 10 nitrogen and oxygen atoms in total. The molecule has 0 heterocycles. The van der Waals surface area contributed by atoms with Crippen LogP contribution in [0.15, 0.2) is 0 Å². The summed E-state index contributed by atoms with van der Waals surface area (Å²) in [5.74, 6) is -3.08. The third-order valence-corrected chi connectivity index (χ3v) is 3.97. The van der Waals surface area contributed by atoms with Gasteiger partial charge in [0, 0.05) is 0 Å². The van der Waals surface area contributed by atoms with E-state index in [1.54, 1.807) is 13.8 Å². The van der Waals surface area contributed by atoms with Crippen LogP contribution in [0, 0.1) is 5.92 Å². The minimum atomic E-state index is -1.15. The van der Waals surface area contributed by atoms with Crippen LogP contribution in [0.1, 0.15) is 47.0 Å². The highest BCUT2D eigenvalue weighted by Crippen LogP contribution is 2.06. The van der Waals surface area contributed by atoms with Crippen molar-refractivity contribution in [1.82, 2.24) is 16.0 Å². The summed E-state index contributed by atoms with van der Waals surface area (Å²) in [6, 6.07) is -3.66. The van der Waals surface area contributed by atoms with Crippen molar-refractivity contribution in [2.75, 3.05) is 6.54 Å². The first-order valence-corrected chi connectivity index (χ1v) is 9.10. The van der Waals surface area contributed by atoms with E-state index in [4.69, 9.17) is 11.5 Å². The van der Waals surface area contributed by atoms with E-state index in [2.05, 4.69) is 16.0 Å². The molecule has 10 heteroatoms. The predicted octanol–water partition coefficient (Wildman–Crippen LogP) is -1.32. The van der Waals surface area contributed by atoms with Crippen LogP contribution >= 0.6 is 0 Å². The Bertz CT molecular complexity index is 524. The molecule has 0 aliphatic rings. The van der Waals surface area contributed by atoms with Crippen LogP contribution in [0.2, 0.25) is 0 Å². The summed E-state index contributed by atoms with van der Waals surface area (Å²) in [6.45, 7) is 6.84. The van der Waals surface area contributed by atoms with Crippen molar-refractivity contribution in [3.63, 3.8) is 0 Å². The molecule has 0 spiro atoms. The highest BCUT2D eigenvalue weighted by atomic mass is 16.4. The minimum Gasteiger partial charge on any atom is -0.480 e. The molecule has 0 aromatic heterocycles. The number of aliphatic carboxylic acids is 1. The van der Waals surface area contributed by atoms with Crippen LogP contribution in [0.3, 0.4) is 0 Å². The zero-order valence-electron chi connectivity index (χ0n) is 16.5. The third kappa shape index (κ3) is 9.34. The Morgan fingerprint density at radius 2 is 1.48 bits per heavy atom. The number of carbonyl (C=O) groups is 4. The van der Waals surface area contributed by atoms with Gasteiger partial charge in [-0.05, 0) is 45.6 Å². The number of unbranched alkanes of at least 4 members (excludes halogenated alkanes) is 1. The molecule has 0 bridgehead atoms. The Hall–Kier alpha value is -2.20. The second-order valence-corrected chi connectivity index (χ2v) is 6.93. The maximum absolute atomic E-state index is 12.5. The molecule has 0 aliphatic heterocycles. The summed E-state index contributed by atoms with van der Waals surface area (Å²) in [5, 5.41) is 16.7. The first kappa shape index (κ1) is 24.8. The summed E-state index contributed by atoms with van der Waals surface area (Å²) < 4.78 is 0. The smallest absolute Gasteiger partial charge is 0.326 e. The maximum atomic E-state index is 12.5. The van der Waals surface area contributed by atoms with Gasteiger partial charge in [-0.1, -0.05) is 13.8 Å². The summed E-state index contributed by atoms with van der Waals surface area (Å²) in [4.78, 5) is 47.7. The lowest BCUT2D eigenvalue weighted by atomic mass is 10.0. The standard InChI is InChI=1S/C17H33N5O5/c1-9(2)13(22-15(24)11(4)20-14(23)10(3)19)16(25)21-12(17(26)27)7-5-6-8-18/h9-13H,5-8,18-19H2,1-4H3,(H,20,23)(H,21,25)(H,22,24)(H,26,27)/t10-,11-,12-,13-/m0/s1. The topological polar surface area (TPSA) is 177 Å². The second kappa shape index (κ2) is 12.2. The first-order chi connectivity index (χ1) is 12.5. The van der Waals surface area contributed by atoms with Gasteiger partial charge < -0.3 is 32.5 Å². The SMILES string of the molecule is CC(C)[C@H](NC(=O)[C@H](C)NC(=O)[C@H](C)N)C(=O)N[C@@H](CCCCN)C(=O)O. The number of nitrogens with one attached hydrogen (secondary N) is 3. The Labute approximate surface area is 159 Å². The van der Waals surface area contributed by atoms with Crippen LogP contribution in [-0.2, 0) is 19.2 Å². The van der Waals surface area contributed by atoms with Crippen molar-refractivity contribution in [2.24, 2.45) is 17.4 Å². The van der Waals surface area contributed by atoms with Gasteiger partial charge in [0.2, 0.25) is 17.7 Å². The molecule has 0 rings (SSSR count). The molecule has 0 saturated heterocycles. The molecule has 0 radical (unpaired) electrons. The fourth-order valence-corrected chi connectivity index (χ4v) is 2.24. The van der Waals surface area contributed by atoms with E-state index >= 15 is 0 Å². The molecule has 3 amide bonds. The number of hydrogen-bond acceptors (Lipinski definition) is 6. The largest absolute Gasteiger partial charge is 0.480 e. The van der Waals surface area contributed by atoms with Gasteiger partial charge >= 0.3 is 5.97 Å². The number of carbonyl (C=O) groups excluding carboxylic acids is 3.